The lowest BCUT2D eigenvalue weighted by molar-refractivity contribution is 0.443. The van der Waals surface area contributed by atoms with Crippen LogP contribution in [0.1, 0.15) is 55.0 Å². The molecular formula is C17H21BrN4S. The van der Waals surface area contributed by atoms with Crippen molar-refractivity contribution in [2.45, 2.75) is 50.1 Å². The molecule has 1 saturated carbocycles. The largest absolute Gasteiger partial charge is 0.212 e. The second-order valence-electron chi connectivity index (χ2n) is 6.13. The van der Waals surface area contributed by atoms with E-state index in [4.69, 9.17) is 5.10 Å². The summed E-state index contributed by atoms with van der Waals surface area (Å²) in [5.74, 6) is 2.47. The third-order valence-corrected chi connectivity index (χ3v) is 5.58. The lowest BCUT2D eigenvalue weighted by Gasteiger charge is -2.22. The molecule has 0 saturated heterocycles. The van der Waals surface area contributed by atoms with Crippen LogP contribution in [0.4, 0.5) is 0 Å². The summed E-state index contributed by atoms with van der Waals surface area (Å²) >= 11 is 1.70. The van der Waals surface area contributed by atoms with Gasteiger partial charge in [-0.15, -0.1) is 27.2 Å². The molecule has 0 N–H and O–H groups in total. The van der Waals surface area contributed by atoms with Crippen LogP contribution < -0.4 is 0 Å². The fourth-order valence-corrected chi connectivity index (χ4v) is 4.23. The van der Waals surface area contributed by atoms with Crippen LogP contribution in [-0.4, -0.2) is 26.3 Å². The third kappa shape index (κ3) is 3.38. The Labute approximate surface area is 151 Å². The van der Waals surface area contributed by atoms with Gasteiger partial charge in [0.1, 0.15) is 0 Å². The molecule has 0 radical (unpaired) electrons. The molecule has 0 bridgehead atoms. The second kappa shape index (κ2) is 7.18. The summed E-state index contributed by atoms with van der Waals surface area (Å²) in [6, 6.07) is 9.06. The highest BCUT2D eigenvalue weighted by Crippen LogP contribution is 2.33. The van der Waals surface area contributed by atoms with Crippen molar-refractivity contribution in [2.24, 2.45) is 5.10 Å². The Morgan fingerprint density at radius 2 is 1.78 bits per heavy atom. The van der Waals surface area contributed by atoms with Gasteiger partial charge in [0.2, 0.25) is 5.16 Å². The van der Waals surface area contributed by atoms with Gasteiger partial charge in [0, 0.05) is 5.75 Å². The molecule has 23 heavy (non-hydrogen) atoms. The van der Waals surface area contributed by atoms with Crippen LogP contribution in [0.2, 0.25) is 0 Å². The van der Waals surface area contributed by atoms with Gasteiger partial charge >= 0.3 is 0 Å². The van der Waals surface area contributed by atoms with Crippen LogP contribution >= 0.6 is 28.7 Å². The first-order chi connectivity index (χ1) is 10.8. The average molecular weight is 393 g/mol. The van der Waals surface area contributed by atoms with Crippen molar-refractivity contribution in [3.05, 3.63) is 41.2 Å². The molecule has 1 aromatic carbocycles. The van der Waals surface area contributed by atoms with Gasteiger partial charge in [-0.1, -0.05) is 55.3 Å². The van der Waals surface area contributed by atoms with Gasteiger partial charge in [0.05, 0.1) is 5.71 Å². The van der Waals surface area contributed by atoms with Gasteiger partial charge in [0.15, 0.2) is 5.82 Å². The number of halogens is 1. The zero-order chi connectivity index (χ0) is 14.9. The molecule has 6 heteroatoms. The van der Waals surface area contributed by atoms with Crippen molar-refractivity contribution in [1.82, 2.24) is 14.9 Å². The maximum absolute atomic E-state index is 4.70. The molecular weight excluding hydrogens is 372 g/mol. The maximum Gasteiger partial charge on any atom is 0.212 e. The lowest BCUT2D eigenvalue weighted by atomic mass is 9.84. The Morgan fingerprint density at radius 1 is 1.04 bits per heavy atom. The normalized spacial score (nSPS) is 18.0. The summed E-state index contributed by atoms with van der Waals surface area (Å²) in [4.78, 5) is 0. The predicted molar refractivity (Wildman–Crippen MR) is 100 cm³/mol. The van der Waals surface area contributed by atoms with E-state index in [1.165, 1.54) is 43.2 Å². The topological polar surface area (TPSA) is 43.1 Å². The first kappa shape index (κ1) is 16.7. The van der Waals surface area contributed by atoms with E-state index in [9.17, 15) is 0 Å². The van der Waals surface area contributed by atoms with E-state index < -0.39 is 0 Å². The van der Waals surface area contributed by atoms with Gasteiger partial charge in [-0.25, -0.2) is 0 Å². The van der Waals surface area contributed by atoms with E-state index in [1.807, 2.05) is 11.6 Å². The number of hydrogen-bond acceptors (Lipinski definition) is 4. The lowest BCUT2D eigenvalue weighted by Crippen LogP contribution is -2.14. The minimum Gasteiger partial charge on any atom is -0.191 e. The Balaban J connectivity index is 0.00000156. The molecule has 1 aromatic heterocycles. The van der Waals surface area contributed by atoms with Crippen molar-refractivity contribution in [2.75, 3.05) is 5.75 Å². The number of hydrogen-bond donors (Lipinski definition) is 0. The van der Waals surface area contributed by atoms with Crippen LogP contribution in [0, 0.1) is 6.92 Å². The monoisotopic (exact) mass is 392 g/mol. The molecule has 4 rings (SSSR count). The standard InChI is InChI=1S/C17H20N4S.BrH/c1-12-18-19-17-21(12)20-16(11-22-17)15-9-7-14(8-10-15)13-5-3-2-4-6-13;/h7-10,13H,2-6,11H2,1H3;1H. The van der Waals surface area contributed by atoms with Crippen molar-refractivity contribution in [3.8, 4) is 0 Å². The summed E-state index contributed by atoms with van der Waals surface area (Å²) in [5, 5.41) is 13.8. The summed E-state index contributed by atoms with van der Waals surface area (Å²) in [7, 11) is 0. The average Bonchev–Trinajstić information content (AvgIpc) is 2.96. The molecule has 0 amide bonds. The third-order valence-electron chi connectivity index (χ3n) is 4.65. The molecule has 2 heterocycles. The smallest absolute Gasteiger partial charge is 0.191 e. The molecule has 4 nitrogen and oxygen atoms in total. The molecule has 0 atom stereocenters. The van der Waals surface area contributed by atoms with E-state index in [0.29, 0.717) is 0 Å². The maximum atomic E-state index is 4.70. The molecule has 1 aliphatic carbocycles. The van der Waals surface area contributed by atoms with E-state index in [2.05, 4.69) is 34.5 Å². The zero-order valence-electron chi connectivity index (χ0n) is 13.2. The number of aryl methyl sites for hydroxylation is 1. The number of thioether (sulfide) groups is 1. The summed E-state index contributed by atoms with van der Waals surface area (Å²) in [5.41, 5.74) is 3.81. The molecule has 2 aromatic rings. The number of rotatable bonds is 2. The van der Waals surface area contributed by atoms with Gasteiger partial charge < -0.3 is 0 Å². The number of nitrogens with zero attached hydrogens (tertiary/aromatic N) is 4. The van der Waals surface area contributed by atoms with Gasteiger partial charge in [-0.05, 0) is 36.8 Å². The first-order valence-corrected chi connectivity index (χ1v) is 9.03. The Bertz CT molecular complexity index is 702. The first-order valence-electron chi connectivity index (χ1n) is 8.04. The van der Waals surface area contributed by atoms with Crippen LogP contribution in [0.25, 0.3) is 0 Å². The molecule has 1 aliphatic heterocycles. The fourth-order valence-electron chi connectivity index (χ4n) is 3.35. The highest BCUT2D eigenvalue weighted by atomic mass is 79.9. The minimum atomic E-state index is 0. The number of aromatic nitrogens is 3. The van der Waals surface area contributed by atoms with Gasteiger partial charge in [-0.3, -0.25) is 0 Å². The molecule has 0 unspecified atom stereocenters. The molecule has 0 spiro atoms. The Hall–Kier alpha value is -1.14. The fraction of sp³-hybridized carbons (Fsp3) is 0.471. The Kier molecular flexibility index (Phi) is 5.21. The van der Waals surface area contributed by atoms with Crippen molar-refractivity contribution >= 4 is 34.5 Å². The Morgan fingerprint density at radius 3 is 2.52 bits per heavy atom. The van der Waals surface area contributed by atoms with Crippen LogP contribution in [0.3, 0.4) is 0 Å². The summed E-state index contributed by atoms with van der Waals surface area (Å²) in [6.07, 6.45) is 6.86. The van der Waals surface area contributed by atoms with Crippen LogP contribution in [-0.2, 0) is 0 Å². The number of fused-ring (bicyclic) bond motifs is 1. The van der Waals surface area contributed by atoms with Crippen molar-refractivity contribution < 1.29 is 0 Å². The second-order valence-corrected chi connectivity index (χ2v) is 7.08. The summed E-state index contributed by atoms with van der Waals surface area (Å²) in [6.45, 7) is 1.94. The highest BCUT2D eigenvalue weighted by molar-refractivity contribution is 8.93. The van der Waals surface area contributed by atoms with Gasteiger partial charge in [0.25, 0.3) is 0 Å². The van der Waals surface area contributed by atoms with Crippen molar-refractivity contribution in [3.63, 3.8) is 0 Å². The van der Waals surface area contributed by atoms with E-state index >= 15 is 0 Å². The van der Waals surface area contributed by atoms with Crippen LogP contribution in [0.15, 0.2) is 34.5 Å². The number of benzene rings is 1. The summed E-state index contributed by atoms with van der Waals surface area (Å²) < 4.78 is 1.85. The predicted octanol–water partition coefficient (Wildman–Crippen LogP) is 4.57. The molecule has 122 valence electrons. The van der Waals surface area contributed by atoms with Crippen LogP contribution in [0.5, 0.6) is 0 Å². The molecule has 1 fully saturated rings. The van der Waals surface area contributed by atoms with Gasteiger partial charge in [-0.2, -0.15) is 9.78 Å². The zero-order valence-corrected chi connectivity index (χ0v) is 15.8. The SMILES string of the molecule is Br.Cc1nnc2n1N=C(c1ccc(C3CCCCC3)cc1)CS2. The van der Waals surface area contributed by atoms with E-state index in [0.717, 1.165) is 28.4 Å². The van der Waals surface area contributed by atoms with Crippen molar-refractivity contribution in [1.29, 1.82) is 0 Å². The van der Waals surface area contributed by atoms with E-state index in [-0.39, 0.29) is 17.0 Å². The highest BCUT2D eigenvalue weighted by Gasteiger charge is 2.19. The van der Waals surface area contributed by atoms with E-state index in [1.54, 1.807) is 11.8 Å². The molecule has 2 aliphatic rings. The minimum absolute atomic E-state index is 0. The quantitative estimate of drug-likeness (QED) is 0.751.